The monoisotopic (exact) mass is 407 g/mol. The normalized spacial score (nSPS) is 37.3. The third kappa shape index (κ3) is 3.05. The maximum atomic E-state index is 12.4. The van der Waals surface area contributed by atoms with E-state index in [0.29, 0.717) is 18.0 Å². The lowest BCUT2D eigenvalue weighted by molar-refractivity contribution is -0.163. The number of amides is 2. The predicted octanol–water partition coefficient (Wildman–Crippen LogP) is 0.0501. The largest absolute Gasteiger partial charge is 0.477 e. The van der Waals surface area contributed by atoms with Crippen molar-refractivity contribution in [3.8, 4) is 0 Å². The maximum Gasteiger partial charge on any atom is 0.353 e. The van der Waals surface area contributed by atoms with Gasteiger partial charge in [-0.05, 0) is 19.8 Å². The van der Waals surface area contributed by atoms with E-state index in [0.717, 1.165) is 18.4 Å². The predicted molar refractivity (Wildman–Crippen MR) is 103 cm³/mol. The number of nitrogens with one attached hydrogen (secondary N) is 2. The van der Waals surface area contributed by atoms with Crippen molar-refractivity contribution in [3.63, 3.8) is 0 Å². The van der Waals surface area contributed by atoms with E-state index in [1.165, 1.54) is 16.7 Å². The second-order valence-electron chi connectivity index (χ2n) is 7.96. The van der Waals surface area contributed by atoms with Crippen LogP contribution in [0.4, 0.5) is 0 Å². The number of fused-ring (bicyclic) bond motifs is 1. The number of carbonyl (C=O) groups excluding carboxylic acids is 2. The van der Waals surface area contributed by atoms with Gasteiger partial charge in [-0.25, -0.2) is 4.79 Å². The van der Waals surface area contributed by atoms with E-state index in [-0.39, 0.29) is 40.8 Å². The molecule has 0 unspecified atom stereocenters. The number of aliphatic carboxylic acids is 1. The summed E-state index contributed by atoms with van der Waals surface area (Å²) in [6.45, 7) is 4.90. The van der Waals surface area contributed by atoms with E-state index in [2.05, 4.69) is 10.6 Å². The molecule has 0 aromatic heterocycles. The number of aliphatic hydroxyl groups is 1. The van der Waals surface area contributed by atoms with Gasteiger partial charge in [0.2, 0.25) is 11.8 Å². The fraction of sp³-hybridized carbons (Fsp3) is 0.632. The van der Waals surface area contributed by atoms with Gasteiger partial charge >= 0.3 is 5.97 Å². The molecule has 4 aliphatic heterocycles. The standard InChI is InChI=1S/C19H25N3O5S/c1-8-14-13(9(2)23)18(25)22(14)15(19(26)27)16(8)28-12-6-11(21-7-12)5-10-3-4-20-17(10)24/h5,8-9,11-14,21,23H,3-4,6-7H2,1-2H3,(H,20,24)(H,26,27)/b10-5-/t8-,9+,11-,12+,13-,14-/m1/s1. The third-order valence-corrected chi connectivity index (χ3v) is 7.61. The Morgan fingerprint density at radius 2 is 2.14 bits per heavy atom. The molecule has 4 heterocycles. The SMILES string of the molecule is C[C@H](O)[C@H]1C(=O)N2C(C(=O)O)=C(S[C@@H]3CN[C@H](/C=C4/CCNC4=O)C3)[C@H](C)[C@H]12. The number of carboxylic acid groups (broad SMARTS) is 1. The number of β-lactam (4-membered cyclic amide) rings is 1. The number of rotatable bonds is 5. The number of nitrogens with zero attached hydrogens (tertiary/aromatic N) is 1. The molecular weight excluding hydrogens is 382 g/mol. The van der Waals surface area contributed by atoms with Crippen LogP contribution in [-0.4, -0.2) is 69.4 Å². The van der Waals surface area contributed by atoms with Gasteiger partial charge in [-0.3, -0.25) is 9.59 Å². The molecule has 3 fully saturated rings. The van der Waals surface area contributed by atoms with Crippen molar-refractivity contribution < 1.29 is 24.6 Å². The fourth-order valence-corrected chi connectivity index (χ4v) is 6.24. The lowest BCUT2D eigenvalue weighted by atomic mass is 9.79. The summed E-state index contributed by atoms with van der Waals surface area (Å²) in [6.07, 6.45) is 2.72. The van der Waals surface area contributed by atoms with Crippen molar-refractivity contribution >= 4 is 29.5 Å². The number of hydrogen-bond donors (Lipinski definition) is 4. The first-order chi connectivity index (χ1) is 13.3. The summed E-state index contributed by atoms with van der Waals surface area (Å²) in [5.41, 5.74) is 0.874. The molecule has 0 saturated carbocycles. The molecule has 0 radical (unpaired) electrons. The first-order valence-electron chi connectivity index (χ1n) is 9.67. The summed E-state index contributed by atoms with van der Waals surface area (Å²) in [5.74, 6) is -2.07. The number of carboxylic acids is 1. The molecule has 4 N–H and O–H groups in total. The Labute approximate surface area is 167 Å². The van der Waals surface area contributed by atoms with Crippen molar-refractivity contribution in [1.82, 2.24) is 15.5 Å². The van der Waals surface area contributed by atoms with E-state index in [4.69, 9.17) is 0 Å². The van der Waals surface area contributed by atoms with Gasteiger partial charge < -0.3 is 25.7 Å². The highest BCUT2D eigenvalue weighted by Gasteiger charge is 2.60. The average molecular weight is 407 g/mol. The van der Waals surface area contributed by atoms with E-state index in [9.17, 15) is 24.6 Å². The number of carbonyl (C=O) groups is 3. The Hall–Kier alpha value is -1.84. The molecule has 28 heavy (non-hydrogen) atoms. The van der Waals surface area contributed by atoms with Crippen LogP contribution in [0.15, 0.2) is 22.3 Å². The molecule has 0 spiro atoms. The van der Waals surface area contributed by atoms with Crippen molar-refractivity contribution in [2.75, 3.05) is 13.1 Å². The second kappa shape index (κ2) is 7.20. The smallest absolute Gasteiger partial charge is 0.353 e. The topological polar surface area (TPSA) is 119 Å². The molecule has 3 saturated heterocycles. The summed E-state index contributed by atoms with van der Waals surface area (Å²) < 4.78 is 0. The minimum atomic E-state index is -1.10. The lowest BCUT2D eigenvalue weighted by Gasteiger charge is -2.46. The van der Waals surface area contributed by atoms with Crippen molar-refractivity contribution in [1.29, 1.82) is 0 Å². The van der Waals surface area contributed by atoms with Crippen LogP contribution in [0.3, 0.4) is 0 Å². The highest BCUT2D eigenvalue weighted by molar-refractivity contribution is 8.03. The molecule has 0 aromatic carbocycles. The lowest BCUT2D eigenvalue weighted by Crippen LogP contribution is -2.63. The van der Waals surface area contributed by atoms with E-state index in [1.807, 2.05) is 13.0 Å². The summed E-state index contributed by atoms with van der Waals surface area (Å²) in [7, 11) is 0. The van der Waals surface area contributed by atoms with Gasteiger partial charge in [-0.2, -0.15) is 0 Å². The molecule has 4 aliphatic rings. The fourth-order valence-electron chi connectivity index (χ4n) is 4.75. The van der Waals surface area contributed by atoms with Crippen LogP contribution in [0.1, 0.15) is 26.7 Å². The molecule has 8 nitrogen and oxygen atoms in total. The van der Waals surface area contributed by atoms with Crippen LogP contribution in [-0.2, 0) is 14.4 Å². The molecule has 4 rings (SSSR count). The first-order valence-corrected chi connectivity index (χ1v) is 10.5. The zero-order chi connectivity index (χ0) is 20.2. The van der Waals surface area contributed by atoms with Crippen LogP contribution in [0.2, 0.25) is 0 Å². The van der Waals surface area contributed by atoms with Gasteiger partial charge in [0.1, 0.15) is 5.70 Å². The molecule has 0 aromatic rings. The average Bonchev–Trinajstić information content (AvgIpc) is 3.28. The summed E-state index contributed by atoms with van der Waals surface area (Å²) >= 11 is 1.52. The Kier molecular flexibility index (Phi) is 5.01. The molecule has 9 heteroatoms. The minimum Gasteiger partial charge on any atom is -0.477 e. The van der Waals surface area contributed by atoms with Gasteiger partial charge in [-0.15, -0.1) is 11.8 Å². The molecule has 2 amide bonds. The second-order valence-corrected chi connectivity index (χ2v) is 9.30. The maximum absolute atomic E-state index is 12.4. The number of hydrogen-bond acceptors (Lipinski definition) is 6. The summed E-state index contributed by atoms with van der Waals surface area (Å²) in [4.78, 5) is 38.1. The van der Waals surface area contributed by atoms with Crippen molar-refractivity contribution in [2.24, 2.45) is 11.8 Å². The number of aliphatic hydroxyl groups excluding tert-OH is 1. The Balaban J connectivity index is 1.49. The Morgan fingerprint density at radius 3 is 2.75 bits per heavy atom. The molecule has 6 atom stereocenters. The zero-order valence-corrected chi connectivity index (χ0v) is 16.7. The van der Waals surface area contributed by atoms with Crippen molar-refractivity contribution in [3.05, 3.63) is 22.3 Å². The summed E-state index contributed by atoms with van der Waals surface area (Å²) in [5, 5.41) is 26.0. The van der Waals surface area contributed by atoms with E-state index >= 15 is 0 Å². The van der Waals surface area contributed by atoms with Gasteiger partial charge in [0.05, 0.1) is 18.1 Å². The summed E-state index contributed by atoms with van der Waals surface area (Å²) in [6, 6.07) is -0.193. The number of thioether (sulfide) groups is 1. The van der Waals surface area contributed by atoms with Gasteiger partial charge in [-0.1, -0.05) is 13.0 Å². The van der Waals surface area contributed by atoms with Gasteiger partial charge in [0.25, 0.3) is 0 Å². The Bertz CT molecular complexity index is 792. The Morgan fingerprint density at radius 1 is 1.39 bits per heavy atom. The highest BCUT2D eigenvalue weighted by atomic mass is 32.2. The molecule has 152 valence electrons. The van der Waals surface area contributed by atoms with E-state index < -0.39 is 18.0 Å². The highest BCUT2D eigenvalue weighted by Crippen LogP contribution is 2.51. The van der Waals surface area contributed by atoms with Gasteiger partial charge in [0, 0.05) is 40.8 Å². The third-order valence-electron chi connectivity index (χ3n) is 6.10. The molecule has 0 aliphatic carbocycles. The first kappa shape index (κ1) is 19.5. The molecule has 0 bridgehead atoms. The van der Waals surface area contributed by atoms with Crippen LogP contribution in [0.5, 0.6) is 0 Å². The van der Waals surface area contributed by atoms with Crippen LogP contribution < -0.4 is 10.6 Å². The molecular formula is C19H25N3O5S. The van der Waals surface area contributed by atoms with Crippen LogP contribution in [0, 0.1) is 11.8 Å². The van der Waals surface area contributed by atoms with Gasteiger partial charge in [0.15, 0.2) is 0 Å². The van der Waals surface area contributed by atoms with E-state index in [1.54, 1.807) is 6.92 Å². The minimum absolute atomic E-state index is 0.00903. The van der Waals surface area contributed by atoms with Crippen LogP contribution >= 0.6 is 11.8 Å². The van der Waals surface area contributed by atoms with Crippen LogP contribution in [0.25, 0.3) is 0 Å². The van der Waals surface area contributed by atoms with Crippen molar-refractivity contribution in [2.45, 2.75) is 50.1 Å². The quantitative estimate of drug-likeness (QED) is 0.376. The zero-order valence-electron chi connectivity index (χ0n) is 15.8.